The second kappa shape index (κ2) is 8.95. The quantitative estimate of drug-likeness (QED) is 0.659. The fourth-order valence-corrected chi connectivity index (χ4v) is 3.67. The molecule has 0 aliphatic carbocycles. The van der Waals surface area contributed by atoms with Gasteiger partial charge in [0, 0.05) is 24.5 Å². The van der Waals surface area contributed by atoms with Gasteiger partial charge in [-0.1, -0.05) is 23.7 Å². The molecule has 4 nitrogen and oxygen atoms in total. The number of ether oxygens (including phenoxy) is 1. The molecule has 27 heavy (non-hydrogen) atoms. The molecule has 2 rings (SSSR count). The van der Waals surface area contributed by atoms with E-state index in [1.165, 1.54) is 4.90 Å². The zero-order chi connectivity index (χ0) is 20.1. The number of alkyl halides is 3. The van der Waals surface area contributed by atoms with Crippen molar-refractivity contribution in [1.29, 1.82) is 0 Å². The van der Waals surface area contributed by atoms with Gasteiger partial charge in [-0.05, 0) is 43.9 Å². The Bertz CT molecular complexity index is 680. The van der Waals surface area contributed by atoms with Gasteiger partial charge >= 0.3 is 12.1 Å². The molecule has 8 heteroatoms. The molecule has 1 saturated heterocycles. The molecule has 1 heterocycles. The first kappa shape index (κ1) is 21.5. The van der Waals surface area contributed by atoms with Crippen LogP contribution in [-0.4, -0.2) is 42.6 Å². The largest absolute Gasteiger partial charge is 0.466 e. The van der Waals surface area contributed by atoms with E-state index < -0.39 is 36.3 Å². The van der Waals surface area contributed by atoms with Crippen LogP contribution in [0.3, 0.4) is 0 Å². The average molecular weight is 406 g/mol. The van der Waals surface area contributed by atoms with E-state index in [9.17, 15) is 22.8 Å². The number of benzene rings is 1. The summed E-state index contributed by atoms with van der Waals surface area (Å²) in [5.74, 6) is -1.02. The van der Waals surface area contributed by atoms with Gasteiger partial charge in [-0.25, -0.2) is 0 Å². The normalized spacial score (nSPS) is 20.4. The summed E-state index contributed by atoms with van der Waals surface area (Å²) in [6.07, 6.45) is -4.82. The van der Waals surface area contributed by atoms with Crippen molar-refractivity contribution >= 4 is 23.5 Å². The number of hydrogen-bond donors (Lipinski definition) is 0. The Hall–Kier alpha value is -1.76. The molecule has 0 N–H and O–H groups in total. The molecule has 1 fully saturated rings. The summed E-state index contributed by atoms with van der Waals surface area (Å²) in [5.41, 5.74) is -0.160. The lowest BCUT2D eigenvalue weighted by Crippen LogP contribution is -2.51. The number of carbonyl (C=O) groups excluding carboxylic acids is 2. The minimum absolute atomic E-state index is 0.0506. The van der Waals surface area contributed by atoms with E-state index in [0.29, 0.717) is 30.8 Å². The van der Waals surface area contributed by atoms with E-state index in [1.807, 2.05) is 6.07 Å². The lowest BCUT2D eigenvalue weighted by atomic mass is 9.75. The Labute approximate surface area is 161 Å². The van der Waals surface area contributed by atoms with Crippen LogP contribution in [0.4, 0.5) is 13.2 Å². The second-order valence-corrected chi connectivity index (χ2v) is 7.28. The molecule has 0 spiro atoms. The zero-order valence-corrected chi connectivity index (χ0v) is 15.9. The van der Waals surface area contributed by atoms with Gasteiger partial charge in [0.2, 0.25) is 5.91 Å². The summed E-state index contributed by atoms with van der Waals surface area (Å²) >= 11 is 6.02. The van der Waals surface area contributed by atoms with E-state index >= 15 is 0 Å². The zero-order valence-electron chi connectivity index (χ0n) is 15.2. The standard InChI is InChI=1S/C19H23ClF3NO3/c1-2-27-17(26)18(12-14-5-3-6-15(20)11-14)8-4-10-24(13-18)16(25)7-9-19(21,22)23/h3,5-6,11H,2,4,7-10,12-13H2,1H3/t18-/m0/s1. The van der Waals surface area contributed by atoms with E-state index in [-0.39, 0.29) is 13.2 Å². The first-order chi connectivity index (χ1) is 12.6. The van der Waals surface area contributed by atoms with Crippen LogP contribution in [-0.2, 0) is 20.7 Å². The molecule has 1 aromatic rings. The van der Waals surface area contributed by atoms with Crippen LogP contribution in [0.2, 0.25) is 5.02 Å². The van der Waals surface area contributed by atoms with E-state index in [0.717, 1.165) is 5.56 Å². The van der Waals surface area contributed by atoms with E-state index in [2.05, 4.69) is 0 Å². The van der Waals surface area contributed by atoms with Crippen LogP contribution in [0.5, 0.6) is 0 Å². The maximum atomic E-state index is 12.7. The molecule has 0 saturated carbocycles. The predicted molar refractivity (Wildman–Crippen MR) is 95.3 cm³/mol. The summed E-state index contributed by atoms with van der Waals surface area (Å²) in [5, 5.41) is 0.528. The third kappa shape index (κ3) is 6.13. The van der Waals surface area contributed by atoms with Crippen LogP contribution in [0.1, 0.15) is 38.2 Å². The smallest absolute Gasteiger partial charge is 0.389 e. The highest BCUT2D eigenvalue weighted by molar-refractivity contribution is 6.30. The molecule has 0 unspecified atom stereocenters. The molecule has 0 bridgehead atoms. The third-order valence-corrected chi connectivity index (χ3v) is 4.93. The maximum Gasteiger partial charge on any atom is 0.389 e. The molecule has 150 valence electrons. The molecule has 1 atom stereocenters. The van der Waals surface area contributed by atoms with Gasteiger partial charge in [-0.3, -0.25) is 9.59 Å². The number of amides is 1. The minimum atomic E-state index is -4.38. The molecule has 1 amide bonds. The minimum Gasteiger partial charge on any atom is -0.466 e. The van der Waals surface area contributed by atoms with Crippen molar-refractivity contribution in [1.82, 2.24) is 4.90 Å². The monoisotopic (exact) mass is 405 g/mol. The van der Waals surface area contributed by atoms with Crippen molar-refractivity contribution in [3.05, 3.63) is 34.9 Å². The van der Waals surface area contributed by atoms with E-state index in [1.54, 1.807) is 25.1 Å². The Balaban J connectivity index is 2.19. The first-order valence-corrected chi connectivity index (χ1v) is 9.29. The Morgan fingerprint density at radius 1 is 1.33 bits per heavy atom. The topological polar surface area (TPSA) is 46.6 Å². The maximum absolute atomic E-state index is 12.7. The Kier molecular flexibility index (Phi) is 7.14. The van der Waals surface area contributed by atoms with Gasteiger partial charge in [0.15, 0.2) is 0 Å². The fourth-order valence-electron chi connectivity index (χ4n) is 3.46. The van der Waals surface area contributed by atoms with E-state index in [4.69, 9.17) is 16.3 Å². The summed E-state index contributed by atoms with van der Waals surface area (Å²) in [6.45, 7) is 2.28. The lowest BCUT2D eigenvalue weighted by Gasteiger charge is -2.41. The molecule has 1 aromatic carbocycles. The number of hydrogen-bond acceptors (Lipinski definition) is 3. The summed E-state index contributed by atoms with van der Waals surface area (Å²) in [7, 11) is 0. The average Bonchev–Trinajstić information content (AvgIpc) is 2.59. The molecule has 0 radical (unpaired) electrons. The third-order valence-electron chi connectivity index (χ3n) is 4.69. The number of piperidine rings is 1. The molecule has 1 aliphatic rings. The number of rotatable bonds is 6. The van der Waals surface area contributed by atoms with Crippen molar-refractivity contribution in [2.45, 2.75) is 45.2 Å². The van der Waals surface area contributed by atoms with Crippen molar-refractivity contribution in [3.63, 3.8) is 0 Å². The van der Waals surface area contributed by atoms with Crippen LogP contribution in [0.25, 0.3) is 0 Å². The SMILES string of the molecule is CCOC(=O)[C@]1(Cc2cccc(Cl)c2)CCCN(C(=O)CCC(F)(F)F)C1. The first-order valence-electron chi connectivity index (χ1n) is 8.91. The molecular weight excluding hydrogens is 383 g/mol. The van der Waals surface area contributed by atoms with Crippen LogP contribution in [0.15, 0.2) is 24.3 Å². The Morgan fingerprint density at radius 3 is 2.70 bits per heavy atom. The summed E-state index contributed by atoms with van der Waals surface area (Å²) < 4.78 is 42.5. The number of esters is 1. The van der Waals surface area contributed by atoms with Gasteiger partial charge in [0.1, 0.15) is 0 Å². The van der Waals surface area contributed by atoms with Crippen molar-refractivity contribution in [2.75, 3.05) is 19.7 Å². The summed E-state index contributed by atoms with van der Waals surface area (Å²) in [4.78, 5) is 26.4. The highest BCUT2D eigenvalue weighted by atomic mass is 35.5. The van der Waals surface area contributed by atoms with Crippen molar-refractivity contribution < 1.29 is 27.5 Å². The van der Waals surface area contributed by atoms with Gasteiger partial charge < -0.3 is 9.64 Å². The molecule has 1 aliphatic heterocycles. The highest BCUT2D eigenvalue weighted by Gasteiger charge is 2.45. The summed E-state index contributed by atoms with van der Waals surface area (Å²) in [6, 6.07) is 7.06. The van der Waals surface area contributed by atoms with Crippen LogP contribution < -0.4 is 0 Å². The van der Waals surface area contributed by atoms with Crippen molar-refractivity contribution in [3.8, 4) is 0 Å². The molecule has 0 aromatic heterocycles. The predicted octanol–water partition coefficient (Wildman–Crippen LogP) is 4.40. The number of halogens is 4. The van der Waals surface area contributed by atoms with Gasteiger partial charge in [-0.15, -0.1) is 0 Å². The van der Waals surface area contributed by atoms with Gasteiger partial charge in [0.25, 0.3) is 0 Å². The fraction of sp³-hybridized carbons (Fsp3) is 0.579. The van der Waals surface area contributed by atoms with Crippen molar-refractivity contribution in [2.24, 2.45) is 5.41 Å². The highest BCUT2D eigenvalue weighted by Crippen LogP contribution is 2.36. The Morgan fingerprint density at radius 2 is 2.07 bits per heavy atom. The van der Waals surface area contributed by atoms with Gasteiger partial charge in [0.05, 0.1) is 18.4 Å². The van der Waals surface area contributed by atoms with Crippen LogP contribution in [0, 0.1) is 5.41 Å². The number of carbonyl (C=O) groups is 2. The second-order valence-electron chi connectivity index (χ2n) is 6.84. The number of nitrogens with zero attached hydrogens (tertiary/aromatic N) is 1. The lowest BCUT2D eigenvalue weighted by molar-refractivity contribution is -0.163. The van der Waals surface area contributed by atoms with Crippen LogP contribution >= 0.6 is 11.6 Å². The van der Waals surface area contributed by atoms with Gasteiger partial charge in [-0.2, -0.15) is 13.2 Å². The molecular formula is C19H23ClF3NO3. The number of likely N-dealkylation sites (tertiary alicyclic amines) is 1.